The molecule has 0 aromatic heterocycles. The van der Waals surface area contributed by atoms with Gasteiger partial charge in [0.2, 0.25) is 5.91 Å². The Balaban J connectivity index is 2.18. The zero-order chi connectivity index (χ0) is 12.7. The fourth-order valence-corrected chi connectivity index (χ4v) is 2.49. The van der Waals surface area contributed by atoms with Gasteiger partial charge >= 0.3 is 0 Å². The quantitative estimate of drug-likeness (QED) is 0.547. The highest BCUT2D eigenvalue weighted by molar-refractivity contribution is 5.78. The van der Waals surface area contributed by atoms with E-state index >= 15 is 0 Å². The molecule has 0 bridgehead atoms. The van der Waals surface area contributed by atoms with Crippen LogP contribution < -0.4 is 11.2 Å². The molecule has 1 saturated heterocycles. The summed E-state index contributed by atoms with van der Waals surface area (Å²) in [5.74, 6) is 6.58. The van der Waals surface area contributed by atoms with Crippen molar-refractivity contribution in [3.63, 3.8) is 0 Å². The zero-order valence-corrected chi connectivity index (χ0v) is 11.2. The summed E-state index contributed by atoms with van der Waals surface area (Å²) >= 11 is 0. The van der Waals surface area contributed by atoms with E-state index in [1.54, 1.807) is 5.01 Å². The molecule has 0 aromatic rings. The lowest BCUT2D eigenvalue weighted by Gasteiger charge is -2.32. The van der Waals surface area contributed by atoms with E-state index in [0.717, 1.165) is 25.9 Å². The second-order valence-corrected chi connectivity index (χ2v) is 5.34. The van der Waals surface area contributed by atoms with Gasteiger partial charge in [-0.05, 0) is 18.8 Å². The van der Waals surface area contributed by atoms with Crippen molar-refractivity contribution in [1.29, 1.82) is 0 Å². The van der Waals surface area contributed by atoms with E-state index in [4.69, 9.17) is 5.84 Å². The third-order valence-corrected chi connectivity index (χ3v) is 3.39. The lowest BCUT2D eigenvalue weighted by atomic mass is 9.91. The number of carbonyl (C=O) groups is 1. The lowest BCUT2D eigenvalue weighted by molar-refractivity contribution is -0.127. The number of unbranched alkanes of at least 4 members (excludes halogenated alkanes) is 3. The maximum absolute atomic E-state index is 11.9. The number of rotatable bonds is 6. The van der Waals surface area contributed by atoms with Gasteiger partial charge in [-0.25, -0.2) is 5.01 Å². The Morgan fingerprint density at radius 1 is 1.35 bits per heavy atom. The summed E-state index contributed by atoms with van der Waals surface area (Å²) < 4.78 is 0. The van der Waals surface area contributed by atoms with E-state index in [2.05, 4.69) is 19.2 Å². The van der Waals surface area contributed by atoms with Crippen molar-refractivity contribution in [3.8, 4) is 0 Å². The van der Waals surface area contributed by atoms with Gasteiger partial charge in [0.05, 0.1) is 5.92 Å². The SMILES string of the molecule is CCCCCCNC(=O)C1CC(C)CN(N)C1. The molecule has 4 nitrogen and oxygen atoms in total. The van der Waals surface area contributed by atoms with Gasteiger partial charge in [-0.3, -0.25) is 10.6 Å². The van der Waals surface area contributed by atoms with Gasteiger partial charge in [0.1, 0.15) is 0 Å². The third kappa shape index (κ3) is 5.50. The minimum absolute atomic E-state index is 0.0786. The topological polar surface area (TPSA) is 58.4 Å². The molecule has 3 N–H and O–H groups in total. The molecule has 2 unspecified atom stereocenters. The van der Waals surface area contributed by atoms with Crippen molar-refractivity contribution in [1.82, 2.24) is 10.3 Å². The molecule has 0 aliphatic carbocycles. The Labute approximate surface area is 105 Å². The molecule has 1 amide bonds. The minimum Gasteiger partial charge on any atom is -0.356 e. The van der Waals surface area contributed by atoms with Gasteiger partial charge in [-0.2, -0.15) is 0 Å². The van der Waals surface area contributed by atoms with Crippen LogP contribution in [0.1, 0.15) is 46.0 Å². The number of hydrogen-bond donors (Lipinski definition) is 2. The van der Waals surface area contributed by atoms with E-state index in [-0.39, 0.29) is 11.8 Å². The van der Waals surface area contributed by atoms with Gasteiger partial charge < -0.3 is 5.32 Å². The molecule has 0 aromatic carbocycles. The molecule has 17 heavy (non-hydrogen) atoms. The number of hydrazine groups is 1. The van der Waals surface area contributed by atoms with Gasteiger partial charge in [0, 0.05) is 19.6 Å². The Bertz CT molecular complexity index is 223. The van der Waals surface area contributed by atoms with Crippen LogP contribution in [0.3, 0.4) is 0 Å². The smallest absolute Gasteiger partial charge is 0.224 e. The Morgan fingerprint density at radius 3 is 2.76 bits per heavy atom. The van der Waals surface area contributed by atoms with Crippen LogP contribution in [-0.2, 0) is 4.79 Å². The molecule has 1 aliphatic rings. The predicted molar refractivity (Wildman–Crippen MR) is 70.2 cm³/mol. The van der Waals surface area contributed by atoms with Crippen molar-refractivity contribution < 1.29 is 4.79 Å². The van der Waals surface area contributed by atoms with Crippen LogP contribution in [0.15, 0.2) is 0 Å². The summed E-state index contributed by atoms with van der Waals surface area (Å²) in [4.78, 5) is 11.9. The van der Waals surface area contributed by atoms with Crippen LogP contribution in [0.4, 0.5) is 0 Å². The first-order valence-corrected chi connectivity index (χ1v) is 6.90. The number of nitrogens with two attached hydrogens (primary N) is 1. The monoisotopic (exact) mass is 241 g/mol. The van der Waals surface area contributed by atoms with Crippen LogP contribution in [0, 0.1) is 11.8 Å². The van der Waals surface area contributed by atoms with Crippen molar-refractivity contribution in [2.45, 2.75) is 46.0 Å². The Kier molecular flexibility index (Phi) is 6.52. The molecule has 1 fully saturated rings. The third-order valence-electron chi connectivity index (χ3n) is 3.39. The first-order chi connectivity index (χ1) is 8.13. The van der Waals surface area contributed by atoms with Crippen molar-refractivity contribution in [3.05, 3.63) is 0 Å². The average Bonchev–Trinajstić information content (AvgIpc) is 2.27. The molecule has 0 radical (unpaired) electrons. The zero-order valence-electron chi connectivity index (χ0n) is 11.2. The van der Waals surface area contributed by atoms with Crippen LogP contribution >= 0.6 is 0 Å². The summed E-state index contributed by atoms with van der Waals surface area (Å²) in [5.41, 5.74) is 0. The number of nitrogens with zero attached hydrogens (tertiary/aromatic N) is 1. The molecule has 1 heterocycles. The summed E-state index contributed by atoms with van der Waals surface area (Å²) in [7, 11) is 0. The van der Waals surface area contributed by atoms with E-state index in [0.29, 0.717) is 12.5 Å². The molecular formula is C13H27N3O. The lowest BCUT2D eigenvalue weighted by Crippen LogP contribution is -2.48. The van der Waals surface area contributed by atoms with Crippen LogP contribution in [0.5, 0.6) is 0 Å². The first kappa shape index (κ1) is 14.5. The van der Waals surface area contributed by atoms with Gasteiger partial charge in [-0.1, -0.05) is 33.1 Å². The Morgan fingerprint density at radius 2 is 2.12 bits per heavy atom. The molecule has 1 aliphatic heterocycles. The highest BCUT2D eigenvalue weighted by Crippen LogP contribution is 2.19. The van der Waals surface area contributed by atoms with Crippen molar-refractivity contribution >= 4 is 5.91 Å². The summed E-state index contributed by atoms with van der Waals surface area (Å²) in [6.07, 6.45) is 5.76. The highest BCUT2D eigenvalue weighted by Gasteiger charge is 2.27. The van der Waals surface area contributed by atoms with E-state index < -0.39 is 0 Å². The van der Waals surface area contributed by atoms with Gasteiger partial charge in [0.25, 0.3) is 0 Å². The molecule has 2 atom stereocenters. The molecule has 1 rings (SSSR count). The summed E-state index contributed by atoms with van der Waals surface area (Å²) in [6.45, 7) is 6.76. The number of hydrogen-bond acceptors (Lipinski definition) is 3. The maximum Gasteiger partial charge on any atom is 0.224 e. The maximum atomic E-state index is 11.9. The average molecular weight is 241 g/mol. The van der Waals surface area contributed by atoms with Crippen LogP contribution in [0.25, 0.3) is 0 Å². The summed E-state index contributed by atoms with van der Waals surface area (Å²) in [6, 6.07) is 0. The first-order valence-electron chi connectivity index (χ1n) is 6.90. The van der Waals surface area contributed by atoms with E-state index in [9.17, 15) is 4.79 Å². The van der Waals surface area contributed by atoms with Crippen molar-refractivity contribution in [2.75, 3.05) is 19.6 Å². The molecule has 100 valence electrons. The standard InChI is InChI=1S/C13H27N3O/c1-3-4-5-6-7-15-13(17)12-8-11(2)9-16(14)10-12/h11-12H,3-10,14H2,1-2H3,(H,15,17). The van der Waals surface area contributed by atoms with Gasteiger partial charge in [-0.15, -0.1) is 0 Å². The molecule has 0 spiro atoms. The minimum atomic E-state index is 0.0786. The summed E-state index contributed by atoms with van der Waals surface area (Å²) in [5, 5.41) is 4.80. The number of nitrogens with one attached hydrogen (secondary N) is 1. The van der Waals surface area contributed by atoms with Crippen LogP contribution in [0.2, 0.25) is 0 Å². The molecule has 0 saturated carbocycles. The Hall–Kier alpha value is -0.610. The van der Waals surface area contributed by atoms with E-state index in [1.807, 2.05) is 0 Å². The molecular weight excluding hydrogens is 214 g/mol. The molecule has 4 heteroatoms. The van der Waals surface area contributed by atoms with Gasteiger partial charge in [0.15, 0.2) is 0 Å². The second kappa shape index (κ2) is 7.67. The highest BCUT2D eigenvalue weighted by atomic mass is 16.1. The number of carbonyl (C=O) groups excluding carboxylic acids is 1. The van der Waals surface area contributed by atoms with E-state index in [1.165, 1.54) is 19.3 Å². The number of piperidine rings is 1. The normalized spacial score (nSPS) is 25.8. The largest absolute Gasteiger partial charge is 0.356 e. The van der Waals surface area contributed by atoms with Crippen LogP contribution in [-0.4, -0.2) is 30.6 Å². The predicted octanol–water partition coefficient (Wildman–Crippen LogP) is 1.51. The fraction of sp³-hybridized carbons (Fsp3) is 0.923. The number of amides is 1. The fourth-order valence-electron chi connectivity index (χ4n) is 2.49. The second-order valence-electron chi connectivity index (χ2n) is 5.34. The van der Waals surface area contributed by atoms with Crippen molar-refractivity contribution in [2.24, 2.45) is 17.7 Å².